The fourth-order valence-corrected chi connectivity index (χ4v) is 2.73. The van der Waals surface area contributed by atoms with Crippen LogP contribution in [0.25, 0.3) is 22.1 Å². The van der Waals surface area contributed by atoms with Gasteiger partial charge in [-0.2, -0.15) is 0 Å². The summed E-state index contributed by atoms with van der Waals surface area (Å²) in [5, 5.41) is 2.81. The van der Waals surface area contributed by atoms with Crippen LogP contribution in [0.5, 0.6) is 0 Å². The van der Waals surface area contributed by atoms with E-state index in [9.17, 15) is 9.59 Å². The van der Waals surface area contributed by atoms with Gasteiger partial charge in [-0.25, -0.2) is 4.98 Å². The predicted molar refractivity (Wildman–Crippen MR) is 98.9 cm³/mol. The maximum absolute atomic E-state index is 12.2. The highest BCUT2D eigenvalue weighted by molar-refractivity contribution is 5.93. The highest BCUT2D eigenvalue weighted by Crippen LogP contribution is 2.15. The molecule has 128 valence electrons. The number of carbonyl (C=O) groups is 1. The quantitative estimate of drug-likeness (QED) is 0.592. The van der Waals surface area contributed by atoms with Crippen molar-refractivity contribution in [2.45, 2.75) is 12.8 Å². The molecule has 26 heavy (non-hydrogen) atoms. The standard InChI is InChI=1S/C19H15N5O2/c25-18(22-12-5-6-13-17(11-12)21-10-9-20-13)8-7-16-19(26)24-15-4-2-1-3-14(15)23-16/h1-6,9-11H,7-8H2,(H,22,25)(H,24,26). The number of hydrogen-bond acceptors (Lipinski definition) is 5. The van der Waals surface area contributed by atoms with Crippen LogP contribution in [0.3, 0.4) is 0 Å². The number of rotatable bonds is 4. The second-order valence-corrected chi connectivity index (χ2v) is 5.84. The topological polar surface area (TPSA) is 101 Å². The number of aromatic nitrogens is 4. The van der Waals surface area contributed by atoms with Gasteiger partial charge < -0.3 is 10.3 Å². The van der Waals surface area contributed by atoms with Crippen LogP contribution in [0, 0.1) is 0 Å². The largest absolute Gasteiger partial charge is 0.326 e. The first-order valence-electron chi connectivity index (χ1n) is 8.17. The summed E-state index contributed by atoms with van der Waals surface area (Å²) in [5.74, 6) is -0.192. The molecule has 7 heteroatoms. The fraction of sp³-hybridized carbons (Fsp3) is 0.105. The summed E-state index contributed by atoms with van der Waals surface area (Å²) in [7, 11) is 0. The van der Waals surface area contributed by atoms with E-state index in [0.717, 1.165) is 5.52 Å². The maximum atomic E-state index is 12.2. The zero-order valence-electron chi connectivity index (χ0n) is 13.8. The van der Waals surface area contributed by atoms with E-state index in [1.54, 1.807) is 36.7 Å². The minimum atomic E-state index is -0.266. The third-order valence-corrected chi connectivity index (χ3v) is 4.01. The van der Waals surface area contributed by atoms with E-state index < -0.39 is 0 Å². The van der Waals surface area contributed by atoms with Crippen LogP contribution in [-0.4, -0.2) is 25.8 Å². The Labute approximate surface area is 148 Å². The summed E-state index contributed by atoms with van der Waals surface area (Å²) < 4.78 is 0. The smallest absolute Gasteiger partial charge is 0.270 e. The number of carbonyl (C=O) groups excluding carboxylic acids is 1. The summed E-state index contributed by atoms with van der Waals surface area (Å²) in [6.45, 7) is 0. The summed E-state index contributed by atoms with van der Waals surface area (Å²) in [5.41, 5.74) is 3.58. The molecular formula is C19H15N5O2. The Hall–Kier alpha value is -3.61. The first-order chi connectivity index (χ1) is 12.7. The van der Waals surface area contributed by atoms with E-state index in [2.05, 4.69) is 25.3 Å². The molecular weight excluding hydrogens is 330 g/mol. The fourth-order valence-electron chi connectivity index (χ4n) is 2.73. The molecule has 0 spiro atoms. The lowest BCUT2D eigenvalue weighted by Crippen LogP contribution is -2.19. The van der Waals surface area contributed by atoms with Crippen molar-refractivity contribution >= 4 is 33.7 Å². The van der Waals surface area contributed by atoms with E-state index >= 15 is 0 Å². The van der Waals surface area contributed by atoms with E-state index in [4.69, 9.17) is 0 Å². The molecule has 1 amide bonds. The van der Waals surface area contributed by atoms with Crippen molar-refractivity contribution in [1.82, 2.24) is 19.9 Å². The van der Waals surface area contributed by atoms with Gasteiger partial charge in [-0.05, 0) is 30.3 Å². The second kappa shape index (κ2) is 6.72. The first kappa shape index (κ1) is 15.9. The van der Waals surface area contributed by atoms with Crippen LogP contribution in [0.2, 0.25) is 0 Å². The molecule has 4 rings (SSSR count). The van der Waals surface area contributed by atoms with E-state index in [1.165, 1.54) is 0 Å². The summed E-state index contributed by atoms with van der Waals surface area (Å²) >= 11 is 0. The lowest BCUT2D eigenvalue weighted by atomic mass is 10.2. The Kier molecular flexibility index (Phi) is 4.10. The summed E-state index contributed by atoms with van der Waals surface area (Å²) in [4.78, 5) is 39.8. The Morgan fingerprint density at radius 2 is 1.81 bits per heavy atom. The van der Waals surface area contributed by atoms with Gasteiger partial charge in [-0.15, -0.1) is 0 Å². The van der Waals surface area contributed by atoms with Crippen molar-refractivity contribution in [2.24, 2.45) is 0 Å². The van der Waals surface area contributed by atoms with Gasteiger partial charge in [-0.3, -0.25) is 19.6 Å². The van der Waals surface area contributed by atoms with Crippen molar-refractivity contribution in [3.05, 3.63) is 70.9 Å². The normalized spacial score (nSPS) is 10.9. The Morgan fingerprint density at radius 1 is 1.00 bits per heavy atom. The average molecular weight is 345 g/mol. The van der Waals surface area contributed by atoms with Crippen LogP contribution < -0.4 is 10.9 Å². The molecule has 2 aromatic carbocycles. The SMILES string of the molecule is O=C(CCc1nc2ccccc2[nH]c1=O)Nc1ccc2nccnc2c1. The average Bonchev–Trinajstić information content (AvgIpc) is 2.66. The van der Waals surface area contributed by atoms with Crippen LogP contribution in [-0.2, 0) is 11.2 Å². The number of aromatic amines is 1. The van der Waals surface area contributed by atoms with Crippen LogP contribution in [0.1, 0.15) is 12.1 Å². The lowest BCUT2D eigenvalue weighted by molar-refractivity contribution is -0.116. The minimum absolute atomic E-state index is 0.160. The van der Waals surface area contributed by atoms with Gasteiger partial charge in [0.05, 0.1) is 22.1 Å². The van der Waals surface area contributed by atoms with Crippen LogP contribution in [0.15, 0.2) is 59.7 Å². The molecule has 2 aromatic heterocycles. The molecule has 2 heterocycles. The van der Waals surface area contributed by atoms with E-state index in [1.807, 2.05) is 18.2 Å². The molecule has 0 atom stereocenters. The highest BCUT2D eigenvalue weighted by atomic mass is 16.1. The van der Waals surface area contributed by atoms with Crippen molar-refractivity contribution in [1.29, 1.82) is 0 Å². The molecule has 4 aromatic rings. The zero-order valence-corrected chi connectivity index (χ0v) is 13.8. The second-order valence-electron chi connectivity index (χ2n) is 5.84. The van der Waals surface area contributed by atoms with Crippen molar-refractivity contribution in [3.8, 4) is 0 Å². The molecule has 0 aliphatic rings. The monoisotopic (exact) mass is 345 g/mol. The number of benzene rings is 2. The zero-order chi connectivity index (χ0) is 17.9. The number of nitrogens with one attached hydrogen (secondary N) is 2. The third-order valence-electron chi connectivity index (χ3n) is 4.01. The maximum Gasteiger partial charge on any atom is 0.270 e. The van der Waals surface area contributed by atoms with Crippen LogP contribution in [0.4, 0.5) is 5.69 Å². The molecule has 0 unspecified atom stereocenters. The number of nitrogens with zero attached hydrogens (tertiary/aromatic N) is 3. The predicted octanol–water partition coefficient (Wildman–Crippen LogP) is 2.44. The number of hydrogen-bond donors (Lipinski definition) is 2. The molecule has 0 radical (unpaired) electrons. The molecule has 0 bridgehead atoms. The van der Waals surface area contributed by atoms with Crippen molar-refractivity contribution in [2.75, 3.05) is 5.32 Å². The number of anilines is 1. The van der Waals surface area contributed by atoms with Gasteiger partial charge in [-0.1, -0.05) is 12.1 Å². The van der Waals surface area contributed by atoms with Gasteiger partial charge in [0.25, 0.3) is 5.56 Å². The highest BCUT2D eigenvalue weighted by Gasteiger charge is 2.09. The molecule has 0 aliphatic carbocycles. The third kappa shape index (κ3) is 3.27. The van der Waals surface area contributed by atoms with Gasteiger partial charge >= 0.3 is 0 Å². The van der Waals surface area contributed by atoms with Gasteiger partial charge in [0.2, 0.25) is 5.91 Å². The summed E-state index contributed by atoms with van der Waals surface area (Å²) in [6.07, 6.45) is 3.65. The molecule has 0 saturated carbocycles. The number of fused-ring (bicyclic) bond motifs is 2. The molecule has 0 aliphatic heterocycles. The number of para-hydroxylation sites is 2. The molecule has 0 fully saturated rings. The Bertz CT molecular complexity index is 1170. The van der Waals surface area contributed by atoms with E-state index in [0.29, 0.717) is 27.9 Å². The Morgan fingerprint density at radius 3 is 2.69 bits per heavy atom. The first-order valence-corrected chi connectivity index (χ1v) is 8.17. The lowest BCUT2D eigenvalue weighted by Gasteiger charge is -2.06. The van der Waals surface area contributed by atoms with Crippen LogP contribution >= 0.6 is 0 Å². The van der Waals surface area contributed by atoms with Gasteiger partial charge in [0.15, 0.2) is 0 Å². The minimum Gasteiger partial charge on any atom is -0.326 e. The number of aryl methyl sites for hydroxylation is 1. The molecule has 7 nitrogen and oxygen atoms in total. The Balaban J connectivity index is 1.46. The van der Waals surface area contributed by atoms with Crippen molar-refractivity contribution in [3.63, 3.8) is 0 Å². The molecule has 0 saturated heterocycles. The number of amides is 1. The van der Waals surface area contributed by atoms with Crippen molar-refractivity contribution < 1.29 is 4.79 Å². The summed E-state index contributed by atoms with van der Waals surface area (Å²) in [6, 6.07) is 12.6. The van der Waals surface area contributed by atoms with Gasteiger partial charge in [0, 0.05) is 30.9 Å². The number of H-pyrrole nitrogens is 1. The molecule has 2 N–H and O–H groups in total. The van der Waals surface area contributed by atoms with E-state index in [-0.39, 0.29) is 24.3 Å². The van der Waals surface area contributed by atoms with Gasteiger partial charge in [0.1, 0.15) is 5.69 Å².